The Balaban J connectivity index is 1.62. The second kappa shape index (κ2) is 5.92. The van der Waals surface area contributed by atoms with Crippen molar-refractivity contribution in [2.75, 3.05) is 0 Å². The predicted octanol–water partition coefficient (Wildman–Crippen LogP) is 4.85. The van der Waals surface area contributed by atoms with E-state index < -0.39 is 12.1 Å². The van der Waals surface area contributed by atoms with Gasteiger partial charge in [-0.1, -0.05) is 29.4 Å². The summed E-state index contributed by atoms with van der Waals surface area (Å²) in [5.74, 6) is -1.54. The third-order valence-electron chi connectivity index (χ3n) is 3.17. The van der Waals surface area contributed by atoms with E-state index in [0.717, 1.165) is 0 Å². The van der Waals surface area contributed by atoms with Crippen molar-refractivity contribution >= 4 is 22.9 Å². The highest BCUT2D eigenvalue weighted by atomic mass is 32.2. The van der Waals surface area contributed by atoms with Crippen molar-refractivity contribution < 1.29 is 22.1 Å². The Bertz CT molecular complexity index is 1010. The Hall–Kier alpha value is -2.81. The number of para-hydroxylation sites is 2. The van der Waals surface area contributed by atoms with Crippen LogP contribution < -0.4 is 0 Å². The fourth-order valence-electron chi connectivity index (χ4n) is 2.09. The van der Waals surface area contributed by atoms with Crippen LogP contribution in [0.15, 0.2) is 61.5 Å². The molecule has 0 unspecified atom stereocenters. The van der Waals surface area contributed by atoms with E-state index in [1.54, 1.807) is 24.3 Å². The van der Waals surface area contributed by atoms with Gasteiger partial charge in [0, 0.05) is 10.5 Å². The second-order valence-corrected chi connectivity index (χ2v) is 5.91. The summed E-state index contributed by atoms with van der Waals surface area (Å²) < 4.78 is 47.5. The number of hydrogen-bond acceptors (Lipinski definition) is 6. The van der Waals surface area contributed by atoms with Gasteiger partial charge in [-0.25, -0.2) is 4.98 Å². The number of alkyl halides is 3. The third-order valence-corrected chi connectivity index (χ3v) is 3.98. The summed E-state index contributed by atoms with van der Waals surface area (Å²) in [6.45, 7) is 0. The molecule has 9 heteroatoms. The molecule has 0 amide bonds. The Labute approximate surface area is 142 Å². The van der Waals surface area contributed by atoms with Crippen molar-refractivity contribution in [2.24, 2.45) is 0 Å². The van der Waals surface area contributed by atoms with Gasteiger partial charge in [-0.05, 0) is 36.0 Å². The molecule has 1 radical (unpaired) electrons. The molecule has 0 spiro atoms. The van der Waals surface area contributed by atoms with Gasteiger partial charge in [-0.2, -0.15) is 18.2 Å². The number of fused-ring (bicyclic) bond motifs is 1. The van der Waals surface area contributed by atoms with Crippen molar-refractivity contribution in [1.82, 2.24) is 15.1 Å². The molecule has 2 heterocycles. The van der Waals surface area contributed by atoms with Gasteiger partial charge in [-0.3, -0.25) is 0 Å². The molecule has 4 aromatic rings. The monoisotopic (exact) mass is 362 g/mol. The van der Waals surface area contributed by atoms with E-state index in [1.165, 1.54) is 11.8 Å². The summed E-state index contributed by atoms with van der Waals surface area (Å²) in [6, 6.07) is 15.0. The van der Waals surface area contributed by atoms with Gasteiger partial charge >= 0.3 is 12.1 Å². The summed E-state index contributed by atoms with van der Waals surface area (Å²) in [5.41, 5.74) is 1.74. The van der Waals surface area contributed by atoms with Crippen molar-refractivity contribution in [3.8, 4) is 11.4 Å². The first-order valence-electron chi connectivity index (χ1n) is 6.95. The molecule has 0 atom stereocenters. The van der Waals surface area contributed by atoms with Crippen LogP contribution in [0.4, 0.5) is 13.2 Å². The van der Waals surface area contributed by atoms with Crippen LogP contribution in [0, 0.1) is 6.07 Å². The van der Waals surface area contributed by atoms with Crippen LogP contribution in [0.1, 0.15) is 5.89 Å². The van der Waals surface area contributed by atoms with E-state index in [0.29, 0.717) is 26.8 Å². The van der Waals surface area contributed by atoms with Gasteiger partial charge in [0.15, 0.2) is 5.58 Å². The zero-order valence-corrected chi connectivity index (χ0v) is 13.1. The zero-order valence-electron chi connectivity index (χ0n) is 12.2. The standard InChI is InChI=1S/C16H7F3N3O2S/c17-16(18,19)14-21-13(22-24-14)9-4-3-5-10(8-9)25-15-20-11-6-1-2-7-12(11)23-15/h1-4,6-8H. The molecule has 5 nitrogen and oxygen atoms in total. The predicted molar refractivity (Wildman–Crippen MR) is 81.7 cm³/mol. The number of aromatic nitrogens is 3. The van der Waals surface area contributed by atoms with Gasteiger partial charge in [0.05, 0.1) is 0 Å². The molecule has 2 aromatic carbocycles. The Morgan fingerprint density at radius 3 is 2.68 bits per heavy atom. The van der Waals surface area contributed by atoms with E-state index >= 15 is 0 Å². The molecule has 0 N–H and O–H groups in total. The van der Waals surface area contributed by atoms with E-state index in [2.05, 4.69) is 25.7 Å². The zero-order chi connectivity index (χ0) is 17.4. The van der Waals surface area contributed by atoms with Crippen LogP contribution >= 0.6 is 11.8 Å². The number of hydrogen-bond donors (Lipinski definition) is 0. The van der Waals surface area contributed by atoms with Crippen molar-refractivity contribution in [3.05, 3.63) is 54.4 Å². The highest BCUT2D eigenvalue weighted by molar-refractivity contribution is 7.99. The van der Waals surface area contributed by atoms with E-state index in [4.69, 9.17) is 4.42 Å². The maximum Gasteiger partial charge on any atom is 0.471 e. The molecule has 2 aromatic heterocycles. The summed E-state index contributed by atoms with van der Waals surface area (Å²) in [5, 5.41) is 3.77. The van der Waals surface area contributed by atoms with Crippen molar-refractivity contribution in [3.63, 3.8) is 0 Å². The molecule has 4 rings (SSSR count). The molecule has 0 aliphatic carbocycles. The fourth-order valence-corrected chi connectivity index (χ4v) is 2.86. The maximum atomic E-state index is 12.6. The average molecular weight is 362 g/mol. The molecule has 0 bridgehead atoms. The highest BCUT2D eigenvalue weighted by Gasteiger charge is 2.38. The maximum absolute atomic E-state index is 12.6. The molecule has 0 saturated carbocycles. The first-order chi connectivity index (χ1) is 12.0. The summed E-state index contributed by atoms with van der Waals surface area (Å²) >= 11 is 1.19. The minimum atomic E-state index is -4.68. The molecule has 0 saturated heterocycles. The van der Waals surface area contributed by atoms with Crippen LogP contribution in [0.3, 0.4) is 0 Å². The lowest BCUT2D eigenvalue weighted by Crippen LogP contribution is -2.04. The SMILES string of the molecule is FC(F)(F)c1nc(-c2cc[c]c(Sc3nc4ccccc4o3)c2)no1. The largest absolute Gasteiger partial charge is 0.471 e. The minimum Gasteiger partial charge on any atom is -0.431 e. The molecule has 0 fully saturated rings. The van der Waals surface area contributed by atoms with Gasteiger partial charge in [0.25, 0.3) is 5.22 Å². The highest BCUT2D eigenvalue weighted by Crippen LogP contribution is 2.33. The number of nitrogens with zero attached hydrogens (tertiary/aromatic N) is 3. The van der Waals surface area contributed by atoms with Crippen LogP contribution in [-0.4, -0.2) is 15.1 Å². The Morgan fingerprint density at radius 1 is 1.08 bits per heavy atom. The molecule has 0 aliphatic heterocycles. The van der Waals surface area contributed by atoms with Crippen molar-refractivity contribution in [2.45, 2.75) is 16.3 Å². The quantitative estimate of drug-likeness (QED) is 0.519. The molecular weight excluding hydrogens is 355 g/mol. The number of oxazole rings is 1. The van der Waals surface area contributed by atoms with Gasteiger partial charge in [-0.15, -0.1) is 0 Å². The number of rotatable bonds is 3. The summed E-state index contributed by atoms with van der Waals surface area (Å²) in [7, 11) is 0. The molecule has 125 valence electrons. The van der Waals surface area contributed by atoms with Crippen LogP contribution in [0.5, 0.6) is 0 Å². The number of benzene rings is 2. The smallest absolute Gasteiger partial charge is 0.431 e. The van der Waals surface area contributed by atoms with Crippen LogP contribution in [0.2, 0.25) is 0 Å². The van der Waals surface area contributed by atoms with E-state index in [9.17, 15) is 13.2 Å². The lowest BCUT2D eigenvalue weighted by Gasteiger charge is -1.99. The van der Waals surface area contributed by atoms with Crippen molar-refractivity contribution in [1.29, 1.82) is 0 Å². The lowest BCUT2D eigenvalue weighted by molar-refractivity contribution is -0.159. The molecule has 0 aliphatic rings. The Kier molecular flexibility index (Phi) is 3.72. The number of halogens is 3. The first kappa shape index (κ1) is 15.7. The van der Waals surface area contributed by atoms with Crippen LogP contribution in [0.25, 0.3) is 22.5 Å². The Morgan fingerprint density at radius 2 is 1.92 bits per heavy atom. The van der Waals surface area contributed by atoms with E-state index in [-0.39, 0.29) is 5.82 Å². The second-order valence-electron chi connectivity index (χ2n) is 4.91. The normalized spacial score (nSPS) is 12.0. The minimum absolute atomic E-state index is 0.152. The van der Waals surface area contributed by atoms with E-state index in [1.807, 2.05) is 18.2 Å². The topological polar surface area (TPSA) is 65.0 Å². The average Bonchev–Trinajstić information content (AvgIpc) is 3.21. The molecule has 25 heavy (non-hydrogen) atoms. The van der Waals surface area contributed by atoms with Gasteiger partial charge in [0.2, 0.25) is 5.82 Å². The van der Waals surface area contributed by atoms with Gasteiger partial charge < -0.3 is 8.94 Å². The molecular formula is C16H7F3N3O2S. The summed E-state index contributed by atoms with van der Waals surface area (Å²) in [4.78, 5) is 8.29. The third kappa shape index (κ3) is 3.22. The first-order valence-corrected chi connectivity index (χ1v) is 7.77. The summed E-state index contributed by atoms with van der Waals surface area (Å²) in [6.07, 6.45) is -4.68. The van der Waals surface area contributed by atoms with Crippen LogP contribution in [-0.2, 0) is 6.18 Å². The lowest BCUT2D eigenvalue weighted by atomic mass is 10.2. The van der Waals surface area contributed by atoms with Gasteiger partial charge in [0.1, 0.15) is 5.52 Å². The fraction of sp³-hybridized carbons (Fsp3) is 0.0625.